The van der Waals surface area contributed by atoms with Gasteiger partial charge in [-0.05, 0) is 26.0 Å². The van der Waals surface area contributed by atoms with Crippen LogP contribution in [0.5, 0.6) is 0 Å². The molecule has 92 valence electrons. The van der Waals surface area contributed by atoms with Crippen molar-refractivity contribution in [1.82, 2.24) is 5.32 Å². The number of hydrogen-bond donors (Lipinski definition) is 3. The first-order valence-corrected chi connectivity index (χ1v) is 5.36. The number of aliphatic carboxylic acids is 1. The SMILES string of the molecule is CC(NC(=O)Nc1ccccc1)C(C)C(=O)O. The Balaban J connectivity index is 2.48. The minimum Gasteiger partial charge on any atom is -0.481 e. The number of rotatable bonds is 4. The molecule has 5 nitrogen and oxygen atoms in total. The molecule has 0 aliphatic heterocycles. The number of amides is 2. The van der Waals surface area contributed by atoms with E-state index < -0.39 is 24.0 Å². The fourth-order valence-electron chi connectivity index (χ4n) is 1.23. The molecule has 1 aromatic rings. The highest BCUT2D eigenvalue weighted by Crippen LogP contribution is 2.06. The van der Waals surface area contributed by atoms with Crippen molar-refractivity contribution in [1.29, 1.82) is 0 Å². The molecule has 0 spiro atoms. The van der Waals surface area contributed by atoms with Crippen LogP contribution in [-0.2, 0) is 4.79 Å². The summed E-state index contributed by atoms with van der Waals surface area (Å²) in [6.45, 7) is 3.21. The van der Waals surface area contributed by atoms with Crippen molar-refractivity contribution >= 4 is 17.7 Å². The van der Waals surface area contributed by atoms with Crippen molar-refractivity contribution in [3.05, 3.63) is 30.3 Å². The lowest BCUT2D eigenvalue weighted by Crippen LogP contribution is -2.42. The normalized spacial score (nSPS) is 13.5. The Bertz CT molecular complexity index is 392. The van der Waals surface area contributed by atoms with Crippen molar-refractivity contribution < 1.29 is 14.7 Å². The van der Waals surface area contributed by atoms with Gasteiger partial charge in [0.15, 0.2) is 0 Å². The molecule has 2 amide bonds. The molecular weight excluding hydrogens is 220 g/mol. The van der Waals surface area contributed by atoms with Crippen LogP contribution in [0, 0.1) is 5.92 Å². The van der Waals surface area contributed by atoms with Crippen LogP contribution in [0.3, 0.4) is 0 Å². The topological polar surface area (TPSA) is 78.4 Å². The van der Waals surface area contributed by atoms with Gasteiger partial charge in [0, 0.05) is 11.7 Å². The van der Waals surface area contributed by atoms with E-state index in [0.29, 0.717) is 5.69 Å². The third-order valence-electron chi connectivity index (χ3n) is 2.53. The molecular formula is C12H16N2O3. The van der Waals surface area contributed by atoms with Crippen LogP contribution in [0.2, 0.25) is 0 Å². The Morgan fingerprint density at radius 1 is 1.18 bits per heavy atom. The number of carboxylic acids is 1. The monoisotopic (exact) mass is 236 g/mol. The van der Waals surface area contributed by atoms with Crippen LogP contribution >= 0.6 is 0 Å². The van der Waals surface area contributed by atoms with Gasteiger partial charge in [-0.3, -0.25) is 4.79 Å². The van der Waals surface area contributed by atoms with Crippen LogP contribution in [-0.4, -0.2) is 23.1 Å². The number of carbonyl (C=O) groups is 2. The second-order valence-corrected chi connectivity index (χ2v) is 3.88. The number of hydrogen-bond acceptors (Lipinski definition) is 2. The number of benzene rings is 1. The van der Waals surface area contributed by atoms with Gasteiger partial charge in [0.1, 0.15) is 0 Å². The number of nitrogens with one attached hydrogen (secondary N) is 2. The summed E-state index contributed by atoms with van der Waals surface area (Å²) in [5.41, 5.74) is 0.667. The number of anilines is 1. The first-order valence-electron chi connectivity index (χ1n) is 5.36. The summed E-state index contributed by atoms with van der Waals surface area (Å²) < 4.78 is 0. The smallest absolute Gasteiger partial charge is 0.319 e. The largest absolute Gasteiger partial charge is 0.481 e. The van der Waals surface area contributed by atoms with Gasteiger partial charge in [0.05, 0.1) is 5.92 Å². The molecule has 5 heteroatoms. The minimum absolute atomic E-state index is 0.406. The number of urea groups is 1. The molecule has 2 atom stereocenters. The van der Waals surface area contributed by atoms with Gasteiger partial charge in [0.25, 0.3) is 0 Å². The molecule has 1 rings (SSSR count). The van der Waals surface area contributed by atoms with Gasteiger partial charge in [-0.2, -0.15) is 0 Å². The summed E-state index contributed by atoms with van der Waals surface area (Å²) in [6, 6.07) is 8.12. The first-order chi connectivity index (χ1) is 8.00. The third-order valence-corrected chi connectivity index (χ3v) is 2.53. The molecule has 3 N–H and O–H groups in total. The van der Waals surface area contributed by atoms with Gasteiger partial charge < -0.3 is 15.7 Å². The predicted octanol–water partition coefficient (Wildman–Crippen LogP) is 1.92. The van der Waals surface area contributed by atoms with E-state index in [2.05, 4.69) is 10.6 Å². The number of carbonyl (C=O) groups excluding carboxylic acids is 1. The molecule has 17 heavy (non-hydrogen) atoms. The fourth-order valence-corrected chi connectivity index (χ4v) is 1.23. The van der Waals surface area contributed by atoms with E-state index in [-0.39, 0.29) is 0 Å². The molecule has 0 aliphatic carbocycles. The summed E-state index contributed by atoms with van der Waals surface area (Å²) in [4.78, 5) is 22.2. The maximum absolute atomic E-state index is 11.5. The van der Waals surface area contributed by atoms with Gasteiger partial charge in [-0.15, -0.1) is 0 Å². The average molecular weight is 236 g/mol. The summed E-state index contributed by atoms with van der Waals surface area (Å²) in [5, 5.41) is 14.0. The molecule has 2 unspecified atom stereocenters. The van der Waals surface area contributed by atoms with E-state index >= 15 is 0 Å². The second-order valence-electron chi connectivity index (χ2n) is 3.88. The van der Waals surface area contributed by atoms with E-state index in [1.54, 1.807) is 38.1 Å². The third kappa shape index (κ3) is 4.14. The molecule has 0 aromatic heterocycles. The highest BCUT2D eigenvalue weighted by Gasteiger charge is 2.20. The van der Waals surface area contributed by atoms with Gasteiger partial charge in [-0.25, -0.2) is 4.79 Å². The molecule has 0 fully saturated rings. The first kappa shape index (κ1) is 13.0. The minimum atomic E-state index is -0.933. The number of carboxylic acid groups (broad SMARTS) is 1. The Kier molecular flexibility index (Phi) is 4.51. The van der Waals surface area contributed by atoms with Crippen molar-refractivity contribution in [2.24, 2.45) is 5.92 Å². The molecule has 0 saturated heterocycles. The fraction of sp³-hybridized carbons (Fsp3) is 0.333. The van der Waals surface area contributed by atoms with Crippen LogP contribution in [0.15, 0.2) is 30.3 Å². The molecule has 0 radical (unpaired) electrons. The highest BCUT2D eigenvalue weighted by atomic mass is 16.4. The summed E-state index contributed by atoms with van der Waals surface area (Å²) in [6.07, 6.45) is 0. The summed E-state index contributed by atoms with van der Waals surface area (Å²) in [7, 11) is 0. The van der Waals surface area contributed by atoms with E-state index in [1.165, 1.54) is 0 Å². The standard InChI is InChI=1S/C12H16N2O3/c1-8(11(15)16)9(2)13-12(17)14-10-6-4-3-5-7-10/h3-9H,1-2H3,(H,15,16)(H2,13,14,17). The van der Waals surface area contributed by atoms with E-state index in [9.17, 15) is 9.59 Å². The maximum atomic E-state index is 11.5. The average Bonchev–Trinajstić information content (AvgIpc) is 2.28. The maximum Gasteiger partial charge on any atom is 0.319 e. The Morgan fingerprint density at radius 2 is 1.76 bits per heavy atom. The lowest BCUT2D eigenvalue weighted by molar-refractivity contribution is -0.141. The number of para-hydroxylation sites is 1. The Hall–Kier alpha value is -2.04. The van der Waals surface area contributed by atoms with Crippen LogP contribution in [0.25, 0.3) is 0 Å². The van der Waals surface area contributed by atoms with Crippen molar-refractivity contribution in [3.8, 4) is 0 Å². The zero-order valence-corrected chi connectivity index (χ0v) is 9.81. The molecule has 0 aliphatic rings. The van der Waals surface area contributed by atoms with Crippen molar-refractivity contribution in [2.75, 3.05) is 5.32 Å². The van der Waals surface area contributed by atoms with E-state index in [1.807, 2.05) is 6.07 Å². The second kappa shape index (κ2) is 5.89. The molecule has 1 aromatic carbocycles. The summed E-state index contributed by atoms with van der Waals surface area (Å²) >= 11 is 0. The molecule has 0 bridgehead atoms. The lowest BCUT2D eigenvalue weighted by atomic mass is 10.0. The molecule has 0 heterocycles. The highest BCUT2D eigenvalue weighted by molar-refractivity contribution is 5.89. The van der Waals surface area contributed by atoms with Crippen molar-refractivity contribution in [2.45, 2.75) is 19.9 Å². The summed E-state index contributed by atoms with van der Waals surface area (Å²) in [5.74, 6) is -1.56. The van der Waals surface area contributed by atoms with E-state index in [0.717, 1.165) is 0 Å². The Labute approximate surface area is 99.8 Å². The predicted molar refractivity (Wildman–Crippen MR) is 64.9 cm³/mol. The molecule has 0 saturated carbocycles. The van der Waals surface area contributed by atoms with Gasteiger partial charge >= 0.3 is 12.0 Å². The zero-order chi connectivity index (χ0) is 12.8. The quantitative estimate of drug-likeness (QED) is 0.747. The van der Waals surface area contributed by atoms with Gasteiger partial charge in [-0.1, -0.05) is 18.2 Å². The van der Waals surface area contributed by atoms with Gasteiger partial charge in [0.2, 0.25) is 0 Å². The van der Waals surface area contributed by atoms with Crippen LogP contribution in [0.1, 0.15) is 13.8 Å². The van der Waals surface area contributed by atoms with E-state index in [4.69, 9.17) is 5.11 Å². The zero-order valence-electron chi connectivity index (χ0n) is 9.81. The van der Waals surface area contributed by atoms with Crippen LogP contribution in [0.4, 0.5) is 10.5 Å². The Morgan fingerprint density at radius 3 is 2.29 bits per heavy atom. The van der Waals surface area contributed by atoms with Crippen LogP contribution < -0.4 is 10.6 Å². The van der Waals surface area contributed by atoms with Crippen molar-refractivity contribution in [3.63, 3.8) is 0 Å². The lowest BCUT2D eigenvalue weighted by Gasteiger charge is -2.18.